The molecule has 0 spiro atoms. The van der Waals surface area contributed by atoms with E-state index in [0.29, 0.717) is 23.6 Å². The SMILES string of the molecule is O=C(O)c1cccc(C2=C(c3ccccc3OCc3c(F)cc(F)cc3F)CCC2)n1. The lowest BCUT2D eigenvalue weighted by Gasteiger charge is -2.15. The zero-order chi connectivity index (χ0) is 22.0. The van der Waals surface area contributed by atoms with E-state index in [1.807, 2.05) is 12.1 Å². The molecular formula is C24H18F3NO3. The first-order valence-electron chi connectivity index (χ1n) is 9.72. The number of carbonyl (C=O) groups is 1. The number of hydrogen-bond acceptors (Lipinski definition) is 3. The number of aromatic carboxylic acids is 1. The predicted octanol–water partition coefficient (Wildman–Crippen LogP) is 5.87. The van der Waals surface area contributed by atoms with Crippen molar-refractivity contribution in [1.82, 2.24) is 4.98 Å². The molecule has 0 radical (unpaired) electrons. The highest BCUT2D eigenvalue weighted by Gasteiger charge is 2.22. The Morgan fingerprint density at radius 1 is 0.968 bits per heavy atom. The van der Waals surface area contributed by atoms with Gasteiger partial charge in [0.05, 0.1) is 11.3 Å². The average Bonchev–Trinajstić information content (AvgIpc) is 3.23. The maximum atomic E-state index is 14.0. The third kappa shape index (κ3) is 4.30. The zero-order valence-electron chi connectivity index (χ0n) is 16.4. The predicted molar refractivity (Wildman–Crippen MR) is 109 cm³/mol. The Morgan fingerprint density at radius 2 is 1.68 bits per heavy atom. The molecule has 1 N–H and O–H groups in total. The number of allylic oxidation sites excluding steroid dienone is 2. The van der Waals surface area contributed by atoms with E-state index in [2.05, 4.69) is 4.98 Å². The summed E-state index contributed by atoms with van der Waals surface area (Å²) >= 11 is 0. The number of halogens is 3. The number of nitrogens with zero attached hydrogens (tertiary/aromatic N) is 1. The minimum atomic E-state index is -1.10. The van der Waals surface area contributed by atoms with Crippen molar-refractivity contribution in [2.45, 2.75) is 25.9 Å². The summed E-state index contributed by atoms with van der Waals surface area (Å²) in [6.07, 6.45) is 2.31. The van der Waals surface area contributed by atoms with E-state index < -0.39 is 30.0 Å². The highest BCUT2D eigenvalue weighted by Crippen LogP contribution is 2.42. The molecule has 7 heteroatoms. The molecule has 1 aliphatic rings. The van der Waals surface area contributed by atoms with Crippen LogP contribution in [0.5, 0.6) is 5.75 Å². The van der Waals surface area contributed by atoms with E-state index in [0.717, 1.165) is 36.0 Å². The van der Waals surface area contributed by atoms with Gasteiger partial charge in [0, 0.05) is 17.7 Å². The number of benzene rings is 2. The summed E-state index contributed by atoms with van der Waals surface area (Å²) in [5.74, 6) is -3.68. The highest BCUT2D eigenvalue weighted by atomic mass is 19.1. The van der Waals surface area contributed by atoms with Crippen LogP contribution in [0.25, 0.3) is 11.1 Å². The first kappa shape index (κ1) is 20.7. The van der Waals surface area contributed by atoms with Crippen molar-refractivity contribution in [2.75, 3.05) is 0 Å². The van der Waals surface area contributed by atoms with E-state index in [9.17, 15) is 23.1 Å². The fourth-order valence-electron chi connectivity index (χ4n) is 3.75. The summed E-state index contributed by atoms with van der Waals surface area (Å²) in [6, 6.07) is 13.2. The second-order valence-electron chi connectivity index (χ2n) is 7.16. The van der Waals surface area contributed by atoms with Crippen molar-refractivity contribution in [3.05, 3.63) is 94.6 Å². The zero-order valence-corrected chi connectivity index (χ0v) is 16.4. The molecule has 0 saturated carbocycles. The van der Waals surface area contributed by atoms with Crippen LogP contribution < -0.4 is 4.74 Å². The van der Waals surface area contributed by atoms with Crippen molar-refractivity contribution >= 4 is 17.1 Å². The van der Waals surface area contributed by atoms with Crippen molar-refractivity contribution in [3.8, 4) is 5.75 Å². The summed E-state index contributed by atoms with van der Waals surface area (Å²) in [7, 11) is 0. The van der Waals surface area contributed by atoms with Gasteiger partial charge in [-0.25, -0.2) is 22.9 Å². The number of pyridine rings is 1. The number of carboxylic acid groups (broad SMARTS) is 1. The van der Waals surface area contributed by atoms with E-state index in [-0.39, 0.29) is 11.3 Å². The van der Waals surface area contributed by atoms with Crippen LogP contribution in [0.2, 0.25) is 0 Å². The third-order valence-electron chi connectivity index (χ3n) is 5.19. The molecule has 4 rings (SSSR count). The smallest absolute Gasteiger partial charge is 0.354 e. The van der Waals surface area contributed by atoms with Crippen molar-refractivity contribution in [1.29, 1.82) is 0 Å². The quantitative estimate of drug-likeness (QED) is 0.537. The topological polar surface area (TPSA) is 59.4 Å². The number of hydrogen-bond donors (Lipinski definition) is 1. The summed E-state index contributed by atoms with van der Waals surface area (Å²) < 4.78 is 46.8. The van der Waals surface area contributed by atoms with Crippen LogP contribution in [0.4, 0.5) is 13.2 Å². The molecule has 0 saturated heterocycles. The summed E-state index contributed by atoms with van der Waals surface area (Å²) in [5, 5.41) is 9.24. The molecular weight excluding hydrogens is 407 g/mol. The van der Waals surface area contributed by atoms with Gasteiger partial charge in [0.1, 0.15) is 35.5 Å². The van der Waals surface area contributed by atoms with E-state index in [1.54, 1.807) is 24.3 Å². The Balaban J connectivity index is 1.69. The number of ether oxygens (including phenoxy) is 1. The molecule has 0 bridgehead atoms. The van der Waals surface area contributed by atoms with E-state index in [4.69, 9.17) is 4.74 Å². The summed E-state index contributed by atoms with van der Waals surface area (Å²) in [6.45, 7) is -0.398. The molecule has 1 aromatic heterocycles. The van der Waals surface area contributed by atoms with Gasteiger partial charge < -0.3 is 9.84 Å². The van der Waals surface area contributed by atoms with Crippen molar-refractivity contribution in [3.63, 3.8) is 0 Å². The number of carboxylic acids is 1. The van der Waals surface area contributed by atoms with Gasteiger partial charge in [-0.15, -0.1) is 0 Å². The largest absolute Gasteiger partial charge is 0.488 e. The Morgan fingerprint density at radius 3 is 2.42 bits per heavy atom. The fraction of sp³-hybridized carbons (Fsp3) is 0.167. The molecule has 3 aromatic rings. The fourth-order valence-corrected chi connectivity index (χ4v) is 3.75. The van der Waals surface area contributed by atoms with Crippen molar-refractivity contribution in [2.24, 2.45) is 0 Å². The molecule has 0 fully saturated rings. The Labute approximate surface area is 176 Å². The number of rotatable bonds is 6. The lowest BCUT2D eigenvalue weighted by Crippen LogP contribution is -2.05. The number of aromatic nitrogens is 1. The second-order valence-corrected chi connectivity index (χ2v) is 7.16. The maximum Gasteiger partial charge on any atom is 0.354 e. The monoisotopic (exact) mass is 425 g/mol. The molecule has 0 unspecified atom stereocenters. The van der Waals surface area contributed by atoms with Gasteiger partial charge in [0.15, 0.2) is 0 Å². The molecule has 4 nitrogen and oxygen atoms in total. The lowest BCUT2D eigenvalue weighted by molar-refractivity contribution is 0.0690. The molecule has 1 aliphatic carbocycles. The van der Waals surface area contributed by atoms with Gasteiger partial charge in [0.25, 0.3) is 0 Å². The first-order valence-corrected chi connectivity index (χ1v) is 9.72. The highest BCUT2D eigenvalue weighted by molar-refractivity contribution is 5.94. The summed E-state index contributed by atoms with van der Waals surface area (Å²) in [5.41, 5.74) is 2.80. The second kappa shape index (κ2) is 8.63. The van der Waals surface area contributed by atoms with Gasteiger partial charge in [-0.3, -0.25) is 0 Å². The van der Waals surface area contributed by atoms with E-state index >= 15 is 0 Å². The van der Waals surface area contributed by atoms with Crippen LogP contribution in [0, 0.1) is 17.5 Å². The van der Waals surface area contributed by atoms with Crippen LogP contribution >= 0.6 is 0 Å². The van der Waals surface area contributed by atoms with Crippen LogP contribution in [0.3, 0.4) is 0 Å². The Bertz CT molecular complexity index is 1170. The van der Waals surface area contributed by atoms with Crippen LogP contribution in [0.15, 0.2) is 54.6 Å². The summed E-state index contributed by atoms with van der Waals surface area (Å²) in [4.78, 5) is 15.5. The first-order chi connectivity index (χ1) is 14.9. The van der Waals surface area contributed by atoms with Gasteiger partial charge in [-0.05, 0) is 48.6 Å². The van der Waals surface area contributed by atoms with Gasteiger partial charge in [-0.2, -0.15) is 0 Å². The minimum Gasteiger partial charge on any atom is -0.488 e. The van der Waals surface area contributed by atoms with Crippen molar-refractivity contribution < 1.29 is 27.8 Å². The molecule has 2 aromatic carbocycles. The van der Waals surface area contributed by atoms with Gasteiger partial charge in [-0.1, -0.05) is 24.3 Å². The molecule has 31 heavy (non-hydrogen) atoms. The maximum absolute atomic E-state index is 14.0. The Kier molecular flexibility index (Phi) is 5.75. The normalized spacial score (nSPS) is 13.5. The standard InChI is InChI=1S/C24H18F3NO3/c25-14-11-19(26)18(20(27)12-14)13-31-23-10-2-1-5-17(23)15-6-3-7-16(15)21-8-4-9-22(28-21)24(29)30/h1-2,4-5,8-12H,3,6-7,13H2,(H,29,30). The minimum absolute atomic E-state index is 0.0388. The Hall–Kier alpha value is -3.61. The van der Waals surface area contributed by atoms with Crippen LogP contribution in [-0.4, -0.2) is 16.1 Å². The average molecular weight is 425 g/mol. The van der Waals surface area contributed by atoms with Crippen LogP contribution in [-0.2, 0) is 6.61 Å². The van der Waals surface area contributed by atoms with Gasteiger partial charge >= 0.3 is 5.97 Å². The third-order valence-corrected chi connectivity index (χ3v) is 5.19. The molecule has 0 amide bonds. The van der Waals surface area contributed by atoms with Gasteiger partial charge in [0.2, 0.25) is 0 Å². The van der Waals surface area contributed by atoms with E-state index in [1.165, 1.54) is 6.07 Å². The number of para-hydroxylation sites is 1. The molecule has 158 valence electrons. The lowest BCUT2D eigenvalue weighted by atomic mass is 9.99. The molecule has 0 atom stereocenters. The molecule has 1 heterocycles. The molecule has 0 aliphatic heterocycles. The van der Waals surface area contributed by atoms with Crippen LogP contribution in [0.1, 0.15) is 46.6 Å².